The standard InChI is InChI=1S/C25H22BrN3O2S/c1-14-7-5-10-22(16(14)3)29-24(31)21(23(30)27-25(29)32)12-18-11-15(2)28(17(18)4)20-9-6-8-19(26)13-20/h5-13H,1-4H3,(H,27,30,32)/b21-12+. The molecular formula is C25H22BrN3O2S. The molecule has 0 atom stereocenters. The third-order valence-corrected chi connectivity index (χ3v) is 6.53. The van der Waals surface area contributed by atoms with Gasteiger partial charge in [-0.3, -0.25) is 19.8 Å². The van der Waals surface area contributed by atoms with Crippen LogP contribution in [0.1, 0.15) is 28.1 Å². The molecule has 1 aromatic heterocycles. The highest BCUT2D eigenvalue weighted by Gasteiger charge is 2.35. The highest BCUT2D eigenvalue weighted by Crippen LogP contribution is 2.29. The van der Waals surface area contributed by atoms with Gasteiger partial charge in [-0.2, -0.15) is 0 Å². The van der Waals surface area contributed by atoms with Crippen LogP contribution in [0.15, 0.2) is 58.6 Å². The summed E-state index contributed by atoms with van der Waals surface area (Å²) in [5, 5.41) is 2.76. The van der Waals surface area contributed by atoms with Crippen molar-refractivity contribution in [2.75, 3.05) is 4.90 Å². The molecule has 1 aliphatic rings. The van der Waals surface area contributed by atoms with Crippen molar-refractivity contribution in [3.8, 4) is 5.69 Å². The number of thiocarbonyl (C=S) groups is 1. The Morgan fingerprint density at radius 1 is 1.00 bits per heavy atom. The van der Waals surface area contributed by atoms with E-state index in [4.69, 9.17) is 12.2 Å². The van der Waals surface area contributed by atoms with Gasteiger partial charge in [0.1, 0.15) is 5.57 Å². The van der Waals surface area contributed by atoms with Crippen LogP contribution in [0.5, 0.6) is 0 Å². The van der Waals surface area contributed by atoms with Crippen LogP contribution in [0.25, 0.3) is 11.8 Å². The predicted octanol–water partition coefficient (Wildman–Crippen LogP) is 5.30. The lowest BCUT2D eigenvalue weighted by Gasteiger charge is -2.30. The molecule has 2 amide bonds. The van der Waals surface area contributed by atoms with E-state index in [2.05, 4.69) is 25.8 Å². The molecule has 5 nitrogen and oxygen atoms in total. The van der Waals surface area contributed by atoms with Gasteiger partial charge in [0, 0.05) is 21.5 Å². The maximum absolute atomic E-state index is 13.4. The van der Waals surface area contributed by atoms with Crippen LogP contribution in [-0.4, -0.2) is 21.5 Å². The van der Waals surface area contributed by atoms with Crippen molar-refractivity contribution in [3.63, 3.8) is 0 Å². The molecule has 0 bridgehead atoms. The minimum Gasteiger partial charge on any atom is -0.318 e. The van der Waals surface area contributed by atoms with Gasteiger partial charge in [0.15, 0.2) is 5.11 Å². The van der Waals surface area contributed by atoms with Crippen LogP contribution in [-0.2, 0) is 9.59 Å². The molecule has 2 heterocycles. The smallest absolute Gasteiger partial charge is 0.270 e. The molecule has 1 aliphatic heterocycles. The molecule has 0 unspecified atom stereocenters. The van der Waals surface area contributed by atoms with E-state index in [0.29, 0.717) is 5.69 Å². The molecular weight excluding hydrogens is 486 g/mol. The van der Waals surface area contributed by atoms with Gasteiger partial charge in [-0.15, -0.1) is 0 Å². The molecule has 0 aliphatic carbocycles. The van der Waals surface area contributed by atoms with E-state index in [1.54, 1.807) is 6.08 Å². The molecule has 0 radical (unpaired) electrons. The molecule has 0 spiro atoms. The van der Waals surface area contributed by atoms with Crippen LogP contribution in [0.3, 0.4) is 0 Å². The topological polar surface area (TPSA) is 54.3 Å². The summed E-state index contributed by atoms with van der Waals surface area (Å²) < 4.78 is 3.07. The maximum Gasteiger partial charge on any atom is 0.270 e. The molecule has 2 aromatic carbocycles. The summed E-state index contributed by atoms with van der Waals surface area (Å²) in [7, 11) is 0. The fourth-order valence-electron chi connectivity index (χ4n) is 3.96. The second kappa shape index (κ2) is 8.48. The van der Waals surface area contributed by atoms with Crippen molar-refractivity contribution in [3.05, 3.63) is 86.7 Å². The summed E-state index contributed by atoms with van der Waals surface area (Å²) in [5.41, 5.74) is 6.42. The summed E-state index contributed by atoms with van der Waals surface area (Å²) in [6, 6.07) is 15.6. The molecule has 162 valence electrons. The predicted molar refractivity (Wildman–Crippen MR) is 135 cm³/mol. The average molecular weight is 508 g/mol. The zero-order chi connectivity index (χ0) is 23.2. The number of carbonyl (C=O) groups excluding carboxylic acids is 2. The number of anilines is 1. The lowest BCUT2D eigenvalue weighted by molar-refractivity contribution is -0.122. The molecule has 1 N–H and O–H groups in total. The van der Waals surface area contributed by atoms with E-state index in [-0.39, 0.29) is 10.7 Å². The summed E-state index contributed by atoms with van der Waals surface area (Å²) in [5.74, 6) is -0.923. The van der Waals surface area contributed by atoms with Crippen molar-refractivity contribution < 1.29 is 9.59 Å². The largest absolute Gasteiger partial charge is 0.318 e. The fourth-order valence-corrected chi connectivity index (χ4v) is 4.62. The van der Waals surface area contributed by atoms with E-state index in [1.165, 1.54) is 4.90 Å². The number of aryl methyl sites for hydroxylation is 2. The molecule has 3 aromatic rings. The molecule has 32 heavy (non-hydrogen) atoms. The minimum atomic E-state index is -0.492. The average Bonchev–Trinajstić information content (AvgIpc) is 3.01. The van der Waals surface area contributed by atoms with Crippen molar-refractivity contribution in [2.45, 2.75) is 27.7 Å². The molecule has 0 saturated carbocycles. The second-order valence-electron chi connectivity index (χ2n) is 7.82. The Morgan fingerprint density at radius 2 is 1.72 bits per heavy atom. The highest BCUT2D eigenvalue weighted by atomic mass is 79.9. The van der Waals surface area contributed by atoms with Gasteiger partial charge in [0.05, 0.1) is 5.69 Å². The number of nitrogens with zero attached hydrogens (tertiary/aromatic N) is 2. The van der Waals surface area contributed by atoms with Gasteiger partial charge in [-0.25, -0.2) is 0 Å². The first-order valence-electron chi connectivity index (χ1n) is 10.1. The number of benzene rings is 2. The monoisotopic (exact) mass is 507 g/mol. The lowest BCUT2D eigenvalue weighted by atomic mass is 10.0. The summed E-state index contributed by atoms with van der Waals surface area (Å²) in [6.07, 6.45) is 1.65. The molecule has 1 saturated heterocycles. The van der Waals surface area contributed by atoms with Crippen molar-refractivity contribution in [1.29, 1.82) is 0 Å². The van der Waals surface area contributed by atoms with E-state index in [1.807, 2.05) is 76.2 Å². The van der Waals surface area contributed by atoms with E-state index in [0.717, 1.165) is 38.2 Å². The number of amides is 2. The zero-order valence-electron chi connectivity index (χ0n) is 18.2. The van der Waals surface area contributed by atoms with Gasteiger partial charge in [0.25, 0.3) is 11.8 Å². The number of rotatable bonds is 3. The van der Waals surface area contributed by atoms with Crippen LogP contribution in [0.2, 0.25) is 0 Å². The second-order valence-corrected chi connectivity index (χ2v) is 9.12. The Labute approximate surface area is 200 Å². The van der Waals surface area contributed by atoms with Crippen LogP contribution in [0, 0.1) is 27.7 Å². The first-order valence-corrected chi connectivity index (χ1v) is 11.3. The quantitative estimate of drug-likeness (QED) is 0.297. The SMILES string of the molecule is Cc1cccc(N2C(=O)/C(=C/c3cc(C)n(-c4cccc(Br)c4)c3C)C(=O)NC2=S)c1C. The van der Waals surface area contributed by atoms with Crippen molar-refractivity contribution >= 4 is 56.8 Å². The third-order valence-electron chi connectivity index (χ3n) is 5.76. The fraction of sp³-hybridized carbons (Fsp3) is 0.160. The maximum atomic E-state index is 13.4. The number of hydrogen-bond acceptors (Lipinski definition) is 3. The van der Waals surface area contributed by atoms with Gasteiger partial charge < -0.3 is 4.57 Å². The van der Waals surface area contributed by atoms with Gasteiger partial charge in [-0.1, -0.05) is 34.1 Å². The Hall–Kier alpha value is -3.03. The van der Waals surface area contributed by atoms with E-state index < -0.39 is 11.8 Å². The van der Waals surface area contributed by atoms with Crippen molar-refractivity contribution in [1.82, 2.24) is 9.88 Å². The Bertz CT molecular complexity index is 1320. The number of aromatic nitrogens is 1. The third kappa shape index (κ3) is 3.82. The summed E-state index contributed by atoms with van der Waals surface area (Å²) in [6.45, 7) is 7.88. The molecule has 4 rings (SSSR count). The van der Waals surface area contributed by atoms with Crippen LogP contribution >= 0.6 is 28.1 Å². The minimum absolute atomic E-state index is 0.0500. The summed E-state index contributed by atoms with van der Waals surface area (Å²) >= 11 is 8.86. The Morgan fingerprint density at radius 3 is 2.44 bits per heavy atom. The van der Waals surface area contributed by atoms with E-state index in [9.17, 15) is 9.59 Å². The van der Waals surface area contributed by atoms with Gasteiger partial charge in [0.2, 0.25) is 0 Å². The zero-order valence-corrected chi connectivity index (χ0v) is 20.6. The Kier molecular flexibility index (Phi) is 5.88. The van der Waals surface area contributed by atoms with Crippen molar-refractivity contribution in [2.24, 2.45) is 0 Å². The lowest BCUT2D eigenvalue weighted by Crippen LogP contribution is -2.54. The normalized spacial score (nSPS) is 15.5. The number of hydrogen-bond donors (Lipinski definition) is 1. The number of nitrogens with one attached hydrogen (secondary N) is 1. The van der Waals surface area contributed by atoms with Crippen LogP contribution < -0.4 is 10.2 Å². The Balaban J connectivity index is 1.79. The first-order chi connectivity index (χ1) is 15.2. The summed E-state index contributed by atoms with van der Waals surface area (Å²) in [4.78, 5) is 27.6. The van der Waals surface area contributed by atoms with E-state index >= 15 is 0 Å². The van der Waals surface area contributed by atoms with Gasteiger partial charge >= 0.3 is 0 Å². The first kappa shape index (κ1) is 22.2. The van der Waals surface area contributed by atoms with Crippen LogP contribution in [0.4, 0.5) is 5.69 Å². The molecule has 7 heteroatoms. The number of halogens is 1. The molecule has 1 fully saturated rings. The number of carbonyl (C=O) groups is 2. The van der Waals surface area contributed by atoms with Gasteiger partial charge in [-0.05, 0) is 93.0 Å². The highest BCUT2D eigenvalue weighted by molar-refractivity contribution is 9.10.